The Labute approximate surface area is 116 Å². The average Bonchev–Trinajstić information content (AvgIpc) is 2.46. The van der Waals surface area contributed by atoms with Gasteiger partial charge in [0.2, 0.25) is 5.88 Å². The van der Waals surface area contributed by atoms with Crippen molar-refractivity contribution in [2.45, 2.75) is 64.8 Å². The van der Waals surface area contributed by atoms with Crippen LogP contribution in [0.25, 0.3) is 0 Å². The van der Waals surface area contributed by atoms with Crippen LogP contribution in [0.15, 0.2) is 6.07 Å². The first-order valence-corrected chi connectivity index (χ1v) is 7.59. The van der Waals surface area contributed by atoms with E-state index in [2.05, 4.69) is 29.1 Å². The van der Waals surface area contributed by atoms with Crippen molar-refractivity contribution in [3.63, 3.8) is 0 Å². The number of hydrogen-bond donors (Lipinski definition) is 1. The molecule has 19 heavy (non-hydrogen) atoms. The smallest absolute Gasteiger partial charge is 0.218 e. The molecule has 1 saturated carbocycles. The quantitative estimate of drug-likeness (QED) is 0.852. The molecule has 106 valence electrons. The van der Waals surface area contributed by atoms with Crippen LogP contribution in [0.4, 0.5) is 5.82 Å². The first kappa shape index (κ1) is 14.1. The van der Waals surface area contributed by atoms with Crippen molar-refractivity contribution in [2.24, 2.45) is 0 Å². The summed E-state index contributed by atoms with van der Waals surface area (Å²) >= 11 is 0. The van der Waals surface area contributed by atoms with E-state index in [0.717, 1.165) is 24.5 Å². The molecule has 0 spiro atoms. The highest BCUT2D eigenvalue weighted by Gasteiger charge is 2.14. The van der Waals surface area contributed by atoms with Gasteiger partial charge < -0.3 is 10.1 Å². The molecular weight excluding hydrogens is 238 g/mol. The molecule has 1 aliphatic rings. The standard InChI is InChI=1S/C15H25N3O/c1-3-10-19-15-11-14(17-13(4-2)18-15)16-12-8-6-5-7-9-12/h11-12H,3-10H2,1-2H3,(H,16,17,18). The second-order valence-corrected chi connectivity index (χ2v) is 5.19. The zero-order valence-electron chi connectivity index (χ0n) is 12.1. The lowest BCUT2D eigenvalue weighted by atomic mass is 9.95. The summed E-state index contributed by atoms with van der Waals surface area (Å²) in [6.07, 6.45) is 8.34. The molecule has 4 nitrogen and oxygen atoms in total. The summed E-state index contributed by atoms with van der Waals surface area (Å²) in [7, 11) is 0. The van der Waals surface area contributed by atoms with E-state index in [4.69, 9.17) is 4.74 Å². The minimum atomic E-state index is 0.562. The minimum absolute atomic E-state index is 0.562. The molecule has 0 saturated heterocycles. The number of ether oxygens (including phenoxy) is 1. The molecule has 1 fully saturated rings. The van der Waals surface area contributed by atoms with E-state index < -0.39 is 0 Å². The topological polar surface area (TPSA) is 47.0 Å². The SMILES string of the molecule is CCCOc1cc(NC2CCCCC2)nc(CC)n1. The van der Waals surface area contributed by atoms with Gasteiger partial charge in [-0.2, -0.15) is 4.98 Å². The molecule has 0 bridgehead atoms. The number of nitrogens with zero attached hydrogens (tertiary/aromatic N) is 2. The first-order chi connectivity index (χ1) is 9.31. The van der Waals surface area contributed by atoms with Gasteiger partial charge in [0.1, 0.15) is 11.6 Å². The van der Waals surface area contributed by atoms with Crippen LogP contribution in [0.5, 0.6) is 5.88 Å². The van der Waals surface area contributed by atoms with Gasteiger partial charge in [-0.3, -0.25) is 0 Å². The van der Waals surface area contributed by atoms with E-state index in [1.54, 1.807) is 0 Å². The fourth-order valence-corrected chi connectivity index (χ4v) is 2.44. The Morgan fingerprint density at radius 3 is 2.68 bits per heavy atom. The van der Waals surface area contributed by atoms with Gasteiger partial charge in [-0.25, -0.2) is 4.98 Å². The minimum Gasteiger partial charge on any atom is -0.478 e. The van der Waals surface area contributed by atoms with Gasteiger partial charge >= 0.3 is 0 Å². The van der Waals surface area contributed by atoms with Crippen LogP contribution in [0.2, 0.25) is 0 Å². The Morgan fingerprint density at radius 2 is 2.00 bits per heavy atom. The van der Waals surface area contributed by atoms with E-state index in [1.807, 2.05) is 6.07 Å². The van der Waals surface area contributed by atoms with Crippen LogP contribution in [0, 0.1) is 0 Å². The summed E-state index contributed by atoms with van der Waals surface area (Å²) in [4.78, 5) is 8.96. The van der Waals surface area contributed by atoms with Gasteiger partial charge in [-0.15, -0.1) is 0 Å². The molecule has 2 rings (SSSR count). The third kappa shape index (κ3) is 4.37. The van der Waals surface area contributed by atoms with E-state index >= 15 is 0 Å². The Hall–Kier alpha value is -1.32. The Bertz CT molecular complexity index is 389. The number of hydrogen-bond acceptors (Lipinski definition) is 4. The molecule has 0 atom stereocenters. The van der Waals surface area contributed by atoms with E-state index in [0.29, 0.717) is 18.5 Å². The molecule has 0 unspecified atom stereocenters. The maximum absolute atomic E-state index is 5.64. The zero-order valence-corrected chi connectivity index (χ0v) is 12.1. The van der Waals surface area contributed by atoms with E-state index in [-0.39, 0.29) is 0 Å². The number of nitrogens with one attached hydrogen (secondary N) is 1. The van der Waals surface area contributed by atoms with Crippen LogP contribution >= 0.6 is 0 Å². The molecule has 1 N–H and O–H groups in total. The summed E-state index contributed by atoms with van der Waals surface area (Å²) in [6, 6.07) is 2.50. The largest absolute Gasteiger partial charge is 0.478 e. The molecule has 1 aromatic heterocycles. The fourth-order valence-electron chi connectivity index (χ4n) is 2.44. The lowest BCUT2D eigenvalue weighted by Gasteiger charge is -2.23. The normalized spacial score (nSPS) is 16.3. The van der Waals surface area contributed by atoms with Crippen molar-refractivity contribution in [3.05, 3.63) is 11.9 Å². The maximum Gasteiger partial charge on any atom is 0.218 e. The third-order valence-corrected chi connectivity index (χ3v) is 3.48. The predicted molar refractivity (Wildman–Crippen MR) is 77.7 cm³/mol. The average molecular weight is 263 g/mol. The summed E-state index contributed by atoms with van der Waals surface area (Å²) in [5.74, 6) is 2.48. The predicted octanol–water partition coefficient (Wildman–Crippen LogP) is 3.57. The second kappa shape index (κ2) is 7.31. The summed E-state index contributed by atoms with van der Waals surface area (Å²) < 4.78 is 5.64. The van der Waals surface area contributed by atoms with Gasteiger partial charge in [0, 0.05) is 18.5 Å². The van der Waals surface area contributed by atoms with Gasteiger partial charge in [-0.1, -0.05) is 33.1 Å². The van der Waals surface area contributed by atoms with Crippen molar-refractivity contribution in [1.29, 1.82) is 0 Å². The lowest BCUT2D eigenvalue weighted by Crippen LogP contribution is -2.23. The Morgan fingerprint density at radius 1 is 1.21 bits per heavy atom. The molecule has 1 aromatic rings. The molecule has 4 heteroatoms. The Kier molecular flexibility index (Phi) is 5.43. The third-order valence-electron chi connectivity index (χ3n) is 3.48. The van der Waals surface area contributed by atoms with Crippen molar-refractivity contribution in [1.82, 2.24) is 9.97 Å². The van der Waals surface area contributed by atoms with Crippen molar-refractivity contribution in [3.8, 4) is 5.88 Å². The number of anilines is 1. The van der Waals surface area contributed by atoms with Gasteiger partial charge in [0.15, 0.2) is 0 Å². The van der Waals surface area contributed by atoms with Crippen LogP contribution < -0.4 is 10.1 Å². The van der Waals surface area contributed by atoms with Crippen molar-refractivity contribution in [2.75, 3.05) is 11.9 Å². The van der Waals surface area contributed by atoms with Crippen LogP contribution in [-0.4, -0.2) is 22.6 Å². The summed E-state index contributed by atoms with van der Waals surface area (Å²) in [5.41, 5.74) is 0. The highest BCUT2D eigenvalue weighted by molar-refractivity contribution is 5.39. The Balaban J connectivity index is 2.04. The molecule has 0 aliphatic heterocycles. The van der Waals surface area contributed by atoms with Crippen molar-refractivity contribution < 1.29 is 4.74 Å². The van der Waals surface area contributed by atoms with Crippen LogP contribution in [-0.2, 0) is 6.42 Å². The van der Waals surface area contributed by atoms with Gasteiger partial charge in [-0.05, 0) is 19.3 Å². The summed E-state index contributed by atoms with van der Waals surface area (Å²) in [5, 5.41) is 3.54. The maximum atomic E-state index is 5.64. The molecule has 1 aliphatic carbocycles. The highest BCUT2D eigenvalue weighted by atomic mass is 16.5. The monoisotopic (exact) mass is 263 g/mol. The van der Waals surface area contributed by atoms with Crippen LogP contribution in [0.1, 0.15) is 58.2 Å². The zero-order chi connectivity index (χ0) is 13.5. The highest BCUT2D eigenvalue weighted by Crippen LogP contribution is 2.22. The molecule has 0 radical (unpaired) electrons. The summed E-state index contributed by atoms with van der Waals surface area (Å²) in [6.45, 7) is 4.88. The number of aromatic nitrogens is 2. The van der Waals surface area contributed by atoms with Crippen molar-refractivity contribution >= 4 is 5.82 Å². The molecular formula is C15H25N3O. The molecule has 0 amide bonds. The second-order valence-electron chi connectivity index (χ2n) is 5.19. The fraction of sp³-hybridized carbons (Fsp3) is 0.733. The molecule has 1 heterocycles. The number of rotatable bonds is 6. The number of aryl methyl sites for hydroxylation is 1. The van der Waals surface area contributed by atoms with E-state index in [1.165, 1.54) is 32.1 Å². The molecule has 0 aromatic carbocycles. The van der Waals surface area contributed by atoms with Gasteiger partial charge in [0.25, 0.3) is 0 Å². The van der Waals surface area contributed by atoms with Gasteiger partial charge in [0.05, 0.1) is 6.61 Å². The van der Waals surface area contributed by atoms with E-state index in [9.17, 15) is 0 Å². The van der Waals surface area contributed by atoms with Crippen LogP contribution in [0.3, 0.4) is 0 Å². The lowest BCUT2D eigenvalue weighted by molar-refractivity contribution is 0.303. The first-order valence-electron chi connectivity index (χ1n) is 7.59.